The van der Waals surface area contributed by atoms with Crippen molar-refractivity contribution in [2.75, 3.05) is 6.54 Å². The third-order valence-electron chi connectivity index (χ3n) is 3.50. The Balaban J connectivity index is 2.24. The number of ether oxygens (including phenoxy) is 1. The highest BCUT2D eigenvalue weighted by molar-refractivity contribution is 5.97. The van der Waals surface area contributed by atoms with Crippen LogP contribution in [0, 0.1) is 0 Å². The van der Waals surface area contributed by atoms with Crippen LogP contribution in [-0.4, -0.2) is 53.2 Å². The fraction of sp³-hybridized carbons (Fsp3) is 0.750. The van der Waals surface area contributed by atoms with Crippen LogP contribution in [0.1, 0.15) is 52.9 Å². The Bertz CT molecular complexity index is 514. The van der Waals surface area contributed by atoms with Gasteiger partial charge in [-0.25, -0.2) is 4.79 Å². The molecule has 0 bridgehead atoms. The molecule has 9 heteroatoms. The first-order valence-electron chi connectivity index (χ1n) is 8.38. The first kappa shape index (κ1) is 20.7. The lowest BCUT2D eigenvalue weighted by Gasteiger charge is -2.29. The van der Waals surface area contributed by atoms with E-state index in [1.807, 2.05) is 0 Å². The van der Waals surface area contributed by atoms with Crippen molar-refractivity contribution in [3.8, 4) is 0 Å². The van der Waals surface area contributed by atoms with Crippen LogP contribution in [0.4, 0.5) is 4.79 Å². The molecule has 2 atom stereocenters. The zero-order valence-corrected chi connectivity index (χ0v) is 14.9. The second-order valence-corrected chi connectivity index (χ2v) is 6.98. The second-order valence-electron chi connectivity index (χ2n) is 6.98. The highest BCUT2D eigenvalue weighted by Crippen LogP contribution is 2.10. The summed E-state index contributed by atoms with van der Waals surface area (Å²) in [5.41, 5.74) is -0.550. The number of carbonyl (C=O) groups excluding carboxylic acids is 3. The normalized spacial score (nSPS) is 20.4. The fourth-order valence-corrected chi connectivity index (χ4v) is 2.33. The van der Waals surface area contributed by atoms with Crippen LogP contribution in [0.25, 0.3) is 0 Å². The molecule has 142 valence electrons. The standard InChI is InChI=1S/C16H27N3O6/c1-16(2,3)25-15(24)17-9-5-4-6-10-13(22)19-11(14(23)18-10)7-8-12(20)21/h10-11H,4-9H2,1-3H3,(H,17,24)(H,18,23)(H,19,22)(H,20,21)/t10-,11-/m0/s1. The number of nitrogens with one attached hydrogen (secondary N) is 3. The van der Waals surface area contributed by atoms with E-state index in [1.165, 1.54) is 0 Å². The smallest absolute Gasteiger partial charge is 0.407 e. The Morgan fingerprint density at radius 2 is 1.64 bits per heavy atom. The molecule has 0 aliphatic carbocycles. The number of rotatable bonds is 8. The number of hydrogen-bond acceptors (Lipinski definition) is 5. The van der Waals surface area contributed by atoms with Crippen LogP contribution >= 0.6 is 0 Å². The van der Waals surface area contributed by atoms with Gasteiger partial charge in [0.05, 0.1) is 0 Å². The zero-order chi connectivity index (χ0) is 19.0. The maximum atomic E-state index is 12.0. The second kappa shape index (κ2) is 9.24. The molecule has 0 aromatic carbocycles. The predicted molar refractivity (Wildman–Crippen MR) is 88.8 cm³/mol. The van der Waals surface area contributed by atoms with E-state index in [1.54, 1.807) is 20.8 Å². The van der Waals surface area contributed by atoms with Gasteiger partial charge < -0.3 is 25.8 Å². The summed E-state index contributed by atoms with van der Waals surface area (Å²) < 4.78 is 5.10. The molecule has 1 aliphatic heterocycles. The van der Waals surface area contributed by atoms with Crippen LogP contribution < -0.4 is 16.0 Å². The minimum absolute atomic E-state index is 0.0689. The lowest BCUT2D eigenvalue weighted by Crippen LogP contribution is -2.61. The molecule has 0 aromatic heterocycles. The van der Waals surface area contributed by atoms with Gasteiger partial charge in [0.15, 0.2) is 0 Å². The first-order valence-corrected chi connectivity index (χ1v) is 8.38. The Labute approximate surface area is 146 Å². The van der Waals surface area contributed by atoms with Crippen LogP contribution in [0.15, 0.2) is 0 Å². The molecule has 0 saturated carbocycles. The van der Waals surface area contributed by atoms with Gasteiger partial charge in [-0.3, -0.25) is 14.4 Å². The van der Waals surface area contributed by atoms with E-state index in [2.05, 4.69) is 16.0 Å². The van der Waals surface area contributed by atoms with E-state index in [0.717, 1.165) is 0 Å². The van der Waals surface area contributed by atoms with Gasteiger partial charge in [-0.05, 0) is 46.5 Å². The summed E-state index contributed by atoms with van der Waals surface area (Å²) in [6.07, 6.45) is 1.12. The number of piperazine rings is 1. The average molecular weight is 357 g/mol. The van der Waals surface area contributed by atoms with Gasteiger partial charge in [-0.2, -0.15) is 0 Å². The topological polar surface area (TPSA) is 134 Å². The number of carboxylic acid groups (broad SMARTS) is 1. The van der Waals surface area contributed by atoms with Gasteiger partial charge in [0, 0.05) is 13.0 Å². The number of aliphatic carboxylic acids is 1. The van der Waals surface area contributed by atoms with E-state index in [0.29, 0.717) is 25.8 Å². The van der Waals surface area contributed by atoms with Gasteiger partial charge in [0.1, 0.15) is 17.7 Å². The van der Waals surface area contributed by atoms with E-state index in [4.69, 9.17) is 9.84 Å². The van der Waals surface area contributed by atoms with Crippen molar-refractivity contribution in [3.63, 3.8) is 0 Å². The molecule has 1 rings (SSSR count). The number of unbranched alkanes of at least 4 members (excludes halogenated alkanes) is 1. The highest BCUT2D eigenvalue weighted by Gasteiger charge is 2.33. The maximum absolute atomic E-state index is 12.0. The molecule has 1 aliphatic rings. The van der Waals surface area contributed by atoms with Crippen molar-refractivity contribution < 1.29 is 29.0 Å². The Hall–Kier alpha value is -2.32. The van der Waals surface area contributed by atoms with Gasteiger partial charge in [0.2, 0.25) is 11.8 Å². The molecule has 0 aromatic rings. The molecule has 0 spiro atoms. The minimum Gasteiger partial charge on any atom is -0.481 e. The van der Waals surface area contributed by atoms with E-state index < -0.39 is 29.7 Å². The van der Waals surface area contributed by atoms with Crippen LogP contribution in [-0.2, 0) is 19.1 Å². The van der Waals surface area contributed by atoms with Gasteiger partial charge in [-0.1, -0.05) is 0 Å². The van der Waals surface area contributed by atoms with Crippen LogP contribution in [0.5, 0.6) is 0 Å². The molecule has 1 fully saturated rings. The first-order chi connectivity index (χ1) is 11.6. The third kappa shape index (κ3) is 8.37. The third-order valence-corrected chi connectivity index (χ3v) is 3.50. The SMILES string of the molecule is CC(C)(C)OC(=O)NCCCC[C@@H]1NC(=O)[C@H](CCC(=O)O)NC1=O. The van der Waals surface area contributed by atoms with Gasteiger partial charge in [0.25, 0.3) is 0 Å². The van der Waals surface area contributed by atoms with Crippen molar-refractivity contribution in [1.29, 1.82) is 0 Å². The molecule has 0 unspecified atom stereocenters. The van der Waals surface area contributed by atoms with Crippen molar-refractivity contribution in [2.24, 2.45) is 0 Å². The Kier molecular flexibility index (Phi) is 7.66. The van der Waals surface area contributed by atoms with Gasteiger partial charge in [-0.15, -0.1) is 0 Å². The quantitative estimate of drug-likeness (QED) is 0.468. The van der Waals surface area contributed by atoms with E-state index >= 15 is 0 Å². The molecular weight excluding hydrogens is 330 g/mol. The zero-order valence-electron chi connectivity index (χ0n) is 14.9. The van der Waals surface area contributed by atoms with Crippen molar-refractivity contribution in [3.05, 3.63) is 0 Å². The molecule has 9 nitrogen and oxygen atoms in total. The number of amides is 3. The number of carboxylic acids is 1. The van der Waals surface area contributed by atoms with Gasteiger partial charge >= 0.3 is 12.1 Å². The van der Waals surface area contributed by atoms with E-state index in [-0.39, 0.29) is 24.7 Å². The molecule has 1 saturated heterocycles. The van der Waals surface area contributed by atoms with E-state index in [9.17, 15) is 19.2 Å². The number of alkyl carbamates (subject to hydrolysis) is 1. The summed E-state index contributed by atoms with van der Waals surface area (Å²) in [6, 6.07) is -1.43. The summed E-state index contributed by atoms with van der Waals surface area (Å²) in [7, 11) is 0. The lowest BCUT2D eigenvalue weighted by atomic mass is 10.0. The maximum Gasteiger partial charge on any atom is 0.407 e. The van der Waals surface area contributed by atoms with Crippen LogP contribution in [0.2, 0.25) is 0 Å². The number of hydrogen-bond donors (Lipinski definition) is 4. The molecular formula is C16H27N3O6. The summed E-state index contributed by atoms with van der Waals surface area (Å²) in [5.74, 6) is -1.69. The minimum atomic E-state index is -1.01. The fourth-order valence-electron chi connectivity index (χ4n) is 2.33. The van der Waals surface area contributed by atoms with Crippen molar-refractivity contribution in [1.82, 2.24) is 16.0 Å². The summed E-state index contributed by atoms with van der Waals surface area (Å²) in [6.45, 7) is 5.75. The lowest BCUT2D eigenvalue weighted by molar-refractivity contribution is -0.140. The molecule has 4 N–H and O–H groups in total. The molecule has 3 amide bonds. The monoisotopic (exact) mass is 357 g/mol. The van der Waals surface area contributed by atoms with Crippen molar-refractivity contribution in [2.45, 2.75) is 70.6 Å². The molecule has 0 radical (unpaired) electrons. The summed E-state index contributed by atoms with van der Waals surface area (Å²) in [5, 5.41) is 16.4. The molecule has 1 heterocycles. The summed E-state index contributed by atoms with van der Waals surface area (Å²) in [4.78, 5) is 45.8. The largest absolute Gasteiger partial charge is 0.481 e. The molecule has 25 heavy (non-hydrogen) atoms. The van der Waals surface area contributed by atoms with Crippen LogP contribution in [0.3, 0.4) is 0 Å². The Morgan fingerprint density at radius 3 is 2.16 bits per heavy atom. The average Bonchev–Trinajstić information content (AvgIpc) is 2.46. The predicted octanol–water partition coefficient (Wildman–Crippen LogP) is 0.529. The number of carbonyl (C=O) groups is 4. The Morgan fingerprint density at radius 1 is 1.08 bits per heavy atom. The highest BCUT2D eigenvalue weighted by atomic mass is 16.6. The van der Waals surface area contributed by atoms with Crippen molar-refractivity contribution >= 4 is 23.9 Å². The summed E-state index contributed by atoms with van der Waals surface area (Å²) >= 11 is 0.